The Labute approximate surface area is 128 Å². The topological polar surface area (TPSA) is 46.1 Å². The molecule has 1 aromatic rings. The quantitative estimate of drug-likeness (QED) is 0.404. The largest absolute Gasteiger partial charge is 0.478 e. The minimum absolute atomic E-state index is 0.449. The van der Waals surface area contributed by atoms with E-state index in [9.17, 15) is 9.90 Å². The zero-order valence-corrected chi connectivity index (χ0v) is 13.6. The molecule has 1 aromatic heterocycles. The van der Waals surface area contributed by atoms with Crippen LogP contribution >= 0.6 is 0 Å². The lowest BCUT2D eigenvalue weighted by Crippen LogP contribution is -2.30. The third kappa shape index (κ3) is 5.74. The molecule has 0 radical (unpaired) electrons. The van der Waals surface area contributed by atoms with E-state index in [1.54, 1.807) is 6.92 Å². The van der Waals surface area contributed by atoms with Gasteiger partial charge in [-0.1, -0.05) is 39.5 Å². The van der Waals surface area contributed by atoms with Gasteiger partial charge in [0.1, 0.15) is 18.1 Å². The van der Waals surface area contributed by atoms with Gasteiger partial charge in [-0.15, -0.1) is 0 Å². The van der Waals surface area contributed by atoms with Crippen molar-refractivity contribution < 1.29 is 14.5 Å². The fraction of sp³-hybridized carbons (Fsp3) is 0.647. The highest BCUT2D eigenvalue weighted by Gasteiger charge is 2.16. The van der Waals surface area contributed by atoms with E-state index in [1.807, 2.05) is 23.3 Å². The molecule has 0 aromatic carbocycles. The number of carboxylic acids is 1. The molecule has 0 amide bonds. The van der Waals surface area contributed by atoms with Gasteiger partial charge < -0.3 is 5.11 Å². The smallest absolute Gasteiger partial charge is 0.335 e. The average Bonchev–Trinajstić information content (AvgIpc) is 2.93. The minimum Gasteiger partial charge on any atom is -0.478 e. The maximum atomic E-state index is 11.3. The standard InChI is InChI=1S/C17H28N2O2/c1-4-6-8-9-10-16(15(3)17(20)21)19-13-12-18(14-19)11-7-5-2/h12-14H,4-11H2,1-3H3/p+1. The normalized spacial score (nSPS) is 12.3. The molecule has 4 heteroatoms. The predicted molar refractivity (Wildman–Crippen MR) is 84.8 cm³/mol. The van der Waals surface area contributed by atoms with Crippen molar-refractivity contribution in [1.82, 2.24) is 4.57 Å². The van der Waals surface area contributed by atoms with Crippen LogP contribution in [0, 0.1) is 0 Å². The van der Waals surface area contributed by atoms with Gasteiger partial charge in [0.15, 0.2) is 0 Å². The molecule has 0 atom stereocenters. The van der Waals surface area contributed by atoms with E-state index < -0.39 is 5.97 Å². The molecule has 0 spiro atoms. The van der Waals surface area contributed by atoms with Crippen LogP contribution in [0.5, 0.6) is 0 Å². The number of unbranched alkanes of at least 4 members (excludes halogenated alkanes) is 4. The average molecular weight is 293 g/mol. The van der Waals surface area contributed by atoms with Crippen LogP contribution < -0.4 is 4.57 Å². The third-order valence-electron chi connectivity index (χ3n) is 3.79. The molecular weight excluding hydrogens is 264 g/mol. The number of hydrogen-bond donors (Lipinski definition) is 1. The van der Waals surface area contributed by atoms with Crippen molar-refractivity contribution in [1.29, 1.82) is 0 Å². The summed E-state index contributed by atoms with van der Waals surface area (Å²) in [4.78, 5) is 11.3. The molecular formula is C17H29N2O2+. The van der Waals surface area contributed by atoms with E-state index in [0.717, 1.165) is 44.3 Å². The van der Waals surface area contributed by atoms with Crippen molar-refractivity contribution >= 4 is 11.7 Å². The SMILES string of the molecule is CCCCCCC(=C(C)C(=O)O)n1cc[n+](CCCC)c1. The summed E-state index contributed by atoms with van der Waals surface area (Å²) in [5, 5.41) is 9.29. The summed E-state index contributed by atoms with van der Waals surface area (Å²) in [6, 6.07) is 0. The number of carbonyl (C=O) groups is 1. The highest BCUT2D eigenvalue weighted by molar-refractivity contribution is 5.92. The van der Waals surface area contributed by atoms with Gasteiger partial charge in [-0.25, -0.2) is 13.9 Å². The highest BCUT2D eigenvalue weighted by Crippen LogP contribution is 2.19. The Morgan fingerprint density at radius 1 is 1.14 bits per heavy atom. The van der Waals surface area contributed by atoms with E-state index >= 15 is 0 Å². The maximum absolute atomic E-state index is 11.3. The van der Waals surface area contributed by atoms with Gasteiger partial charge in [0, 0.05) is 6.42 Å². The fourth-order valence-corrected chi connectivity index (χ4v) is 2.38. The van der Waals surface area contributed by atoms with Gasteiger partial charge in [-0.05, 0) is 19.8 Å². The Morgan fingerprint density at radius 2 is 1.86 bits per heavy atom. The second-order valence-electron chi connectivity index (χ2n) is 5.60. The van der Waals surface area contributed by atoms with Gasteiger partial charge in [0.25, 0.3) is 0 Å². The van der Waals surface area contributed by atoms with Gasteiger partial charge >= 0.3 is 5.97 Å². The highest BCUT2D eigenvalue weighted by atomic mass is 16.4. The molecule has 1 N–H and O–H groups in total. The zero-order chi connectivity index (χ0) is 15.7. The summed E-state index contributed by atoms with van der Waals surface area (Å²) in [5.74, 6) is -0.825. The molecule has 0 aliphatic carbocycles. The van der Waals surface area contributed by atoms with Gasteiger partial charge in [-0.2, -0.15) is 0 Å². The summed E-state index contributed by atoms with van der Waals surface area (Å²) >= 11 is 0. The Hall–Kier alpha value is -1.58. The second kappa shape index (κ2) is 9.37. The van der Waals surface area contributed by atoms with Crippen molar-refractivity contribution in [3.8, 4) is 0 Å². The number of imidazole rings is 1. The molecule has 118 valence electrons. The summed E-state index contributed by atoms with van der Waals surface area (Å²) in [7, 11) is 0. The van der Waals surface area contributed by atoms with Crippen molar-refractivity contribution in [3.05, 3.63) is 24.3 Å². The number of aromatic nitrogens is 2. The van der Waals surface area contributed by atoms with Crippen LogP contribution in [0.3, 0.4) is 0 Å². The van der Waals surface area contributed by atoms with Crippen molar-refractivity contribution in [3.63, 3.8) is 0 Å². The molecule has 0 fully saturated rings. The van der Waals surface area contributed by atoms with E-state index in [0.29, 0.717) is 5.57 Å². The lowest BCUT2D eigenvalue weighted by Gasteiger charge is -2.06. The Morgan fingerprint density at radius 3 is 2.48 bits per heavy atom. The van der Waals surface area contributed by atoms with Crippen LogP contribution in [0.2, 0.25) is 0 Å². The van der Waals surface area contributed by atoms with Crippen LogP contribution in [0.15, 0.2) is 24.3 Å². The fourth-order valence-electron chi connectivity index (χ4n) is 2.38. The van der Waals surface area contributed by atoms with Crippen LogP contribution in [-0.2, 0) is 11.3 Å². The lowest BCUT2D eigenvalue weighted by molar-refractivity contribution is -0.696. The van der Waals surface area contributed by atoms with Gasteiger partial charge in [0.2, 0.25) is 6.33 Å². The van der Waals surface area contributed by atoms with Crippen molar-refractivity contribution in [2.45, 2.75) is 72.3 Å². The Balaban J connectivity index is 2.83. The number of rotatable bonds is 10. The minimum atomic E-state index is -0.825. The summed E-state index contributed by atoms with van der Waals surface area (Å²) < 4.78 is 4.11. The summed E-state index contributed by atoms with van der Waals surface area (Å²) in [6.45, 7) is 7.04. The molecule has 4 nitrogen and oxygen atoms in total. The first-order chi connectivity index (χ1) is 10.1. The number of hydrogen-bond acceptors (Lipinski definition) is 1. The Bertz CT molecular complexity index is 475. The van der Waals surface area contributed by atoms with Crippen LogP contribution in [0.25, 0.3) is 5.70 Å². The molecule has 1 rings (SSSR count). The molecule has 21 heavy (non-hydrogen) atoms. The van der Waals surface area contributed by atoms with E-state index in [4.69, 9.17) is 0 Å². The summed E-state index contributed by atoms with van der Waals surface area (Å²) in [5.41, 5.74) is 1.36. The number of nitrogens with zero attached hydrogens (tertiary/aromatic N) is 2. The van der Waals surface area contributed by atoms with Gasteiger partial charge in [0.05, 0.1) is 12.1 Å². The first-order valence-corrected chi connectivity index (χ1v) is 8.10. The first-order valence-electron chi connectivity index (χ1n) is 8.10. The number of allylic oxidation sites excluding steroid dienone is 1. The van der Waals surface area contributed by atoms with E-state index in [1.165, 1.54) is 12.8 Å². The van der Waals surface area contributed by atoms with E-state index in [-0.39, 0.29) is 0 Å². The van der Waals surface area contributed by atoms with Crippen LogP contribution in [0.1, 0.15) is 65.7 Å². The molecule has 0 unspecified atom stereocenters. The third-order valence-corrected chi connectivity index (χ3v) is 3.79. The van der Waals surface area contributed by atoms with Gasteiger partial charge in [-0.3, -0.25) is 0 Å². The molecule has 0 saturated carbocycles. The van der Waals surface area contributed by atoms with Crippen molar-refractivity contribution in [2.24, 2.45) is 0 Å². The van der Waals surface area contributed by atoms with E-state index in [2.05, 4.69) is 18.4 Å². The van der Waals surface area contributed by atoms with Crippen LogP contribution in [-0.4, -0.2) is 15.6 Å². The second-order valence-corrected chi connectivity index (χ2v) is 5.60. The zero-order valence-electron chi connectivity index (χ0n) is 13.6. The van der Waals surface area contributed by atoms with Crippen LogP contribution in [0.4, 0.5) is 0 Å². The monoisotopic (exact) mass is 293 g/mol. The molecule has 1 heterocycles. The predicted octanol–water partition coefficient (Wildman–Crippen LogP) is 3.86. The summed E-state index contributed by atoms with van der Waals surface area (Å²) in [6.07, 6.45) is 13.7. The lowest BCUT2D eigenvalue weighted by atomic mass is 10.1. The molecule has 0 saturated heterocycles. The molecule has 0 aliphatic rings. The first kappa shape index (κ1) is 17.5. The number of aryl methyl sites for hydroxylation is 1. The molecule has 0 aliphatic heterocycles. The number of aliphatic carboxylic acids is 1. The molecule has 0 bridgehead atoms. The maximum Gasteiger partial charge on any atom is 0.335 e. The number of carboxylic acid groups (broad SMARTS) is 1. The Kier molecular flexibility index (Phi) is 7.80. The van der Waals surface area contributed by atoms with Crippen molar-refractivity contribution in [2.75, 3.05) is 0 Å².